The molecule has 0 atom stereocenters. The van der Waals surface area contributed by atoms with Gasteiger partial charge in [0.05, 0.1) is 0 Å². The number of carbonyl (C=O) groups excluding carboxylic acids is 2. The highest BCUT2D eigenvalue weighted by atomic mass is 19.4. The van der Waals surface area contributed by atoms with Gasteiger partial charge in [-0.25, -0.2) is 0 Å². The standard InChI is InChI=1S/C13H13F3N2O2/c14-13(15,16)12(5-6-12)11(20)18-7-8-3-1-2-4-9(8)10(17)19/h1-4H,5-7H2,(H2,17,19)(H,18,20). The zero-order chi connectivity index (χ0) is 15.0. The molecule has 2 rings (SSSR count). The molecule has 0 spiro atoms. The molecule has 1 saturated carbocycles. The second-order valence-corrected chi connectivity index (χ2v) is 4.78. The first-order valence-electron chi connectivity index (χ1n) is 6.01. The van der Waals surface area contributed by atoms with Crippen LogP contribution in [0.5, 0.6) is 0 Å². The molecule has 1 fully saturated rings. The zero-order valence-electron chi connectivity index (χ0n) is 10.5. The Morgan fingerprint density at radius 3 is 2.35 bits per heavy atom. The van der Waals surface area contributed by atoms with E-state index in [4.69, 9.17) is 5.73 Å². The smallest absolute Gasteiger partial charge is 0.366 e. The molecule has 0 heterocycles. The number of nitrogens with two attached hydrogens (primary N) is 1. The second kappa shape index (κ2) is 4.81. The summed E-state index contributed by atoms with van der Waals surface area (Å²) in [5.41, 5.74) is 3.48. The van der Waals surface area contributed by atoms with Crippen LogP contribution in [0, 0.1) is 5.41 Å². The minimum atomic E-state index is -4.54. The van der Waals surface area contributed by atoms with Crippen LogP contribution in [-0.4, -0.2) is 18.0 Å². The van der Waals surface area contributed by atoms with Gasteiger partial charge in [-0.3, -0.25) is 9.59 Å². The van der Waals surface area contributed by atoms with Gasteiger partial charge in [0.1, 0.15) is 5.41 Å². The maximum absolute atomic E-state index is 12.7. The summed E-state index contributed by atoms with van der Waals surface area (Å²) >= 11 is 0. The van der Waals surface area contributed by atoms with Crippen molar-refractivity contribution in [2.45, 2.75) is 25.6 Å². The number of amides is 2. The van der Waals surface area contributed by atoms with Crippen molar-refractivity contribution in [3.8, 4) is 0 Å². The fourth-order valence-electron chi connectivity index (χ4n) is 2.02. The monoisotopic (exact) mass is 286 g/mol. The Bertz CT molecular complexity index is 551. The molecule has 0 saturated heterocycles. The van der Waals surface area contributed by atoms with Gasteiger partial charge < -0.3 is 11.1 Å². The highest BCUT2D eigenvalue weighted by Gasteiger charge is 2.68. The van der Waals surface area contributed by atoms with Crippen molar-refractivity contribution in [2.24, 2.45) is 11.1 Å². The average molecular weight is 286 g/mol. The largest absolute Gasteiger partial charge is 0.403 e. The lowest BCUT2D eigenvalue weighted by molar-refractivity contribution is -0.192. The summed E-state index contributed by atoms with van der Waals surface area (Å²) in [5.74, 6) is -1.74. The van der Waals surface area contributed by atoms with Crippen LogP contribution in [0.1, 0.15) is 28.8 Å². The number of primary amides is 1. The third-order valence-electron chi connectivity index (χ3n) is 3.45. The predicted octanol–water partition coefficient (Wildman–Crippen LogP) is 1.74. The van der Waals surface area contributed by atoms with E-state index in [0.717, 1.165) is 0 Å². The Balaban J connectivity index is 2.07. The molecule has 108 valence electrons. The number of carbonyl (C=O) groups is 2. The summed E-state index contributed by atoms with van der Waals surface area (Å²) in [5, 5.41) is 2.24. The van der Waals surface area contributed by atoms with E-state index in [-0.39, 0.29) is 24.9 Å². The molecule has 2 amide bonds. The van der Waals surface area contributed by atoms with Crippen molar-refractivity contribution >= 4 is 11.8 Å². The molecule has 0 aromatic heterocycles. The first-order valence-corrected chi connectivity index (χ1v) is 6.01. The molecule has 1 aromatic carbocycles. The second-order valence-electron chi connectivity index (χ2n) is 4.78. The molecule has 0 aliphatic heterocycles. The van der Waals surface area contributed by atoms with Gasteiger partial charge in [0.15, 0.2) is 0 Å². The Hall–Kier alpha value is -2.05. The number of alkyl halides is 3. The highest BCUT2D eigenvalue weighted by Crippen LogP contribution is 2.57. The van der Waals surface area contributed by atoms with E-state index in [1.165, 1.54) is 12.1 Å². The van der Waals surface area contributed by atoms with Crippen LogP contribution in [0.25, 0.3) is 0 Å². The minimum Gasteiger partial charge on any atom is -0.366 e. The summed E-state index contributed by atoms with van der Waals surface area (Å²) in [4.78, 5) is 22.8. The lowest BCUT2D eigenvalue weighted by Crippen LogP contribution is -2.41. The van der Waals surface area contributed by atoms with Crippen molar-refractivity contribution in [1.82, 2.24) is 5.32 Å². The molecule has 1 aliphatic carbocycles. The first-order chi connectivity index (χ1) is 9.28. The molecule has 1 aliphatic rings. The van der Waals surface area contributed by atoms with Crippen LogP contribution in [0.2, 0.25) is 0 Å². The SMILES string of the molecule is NC(=O)c1ccccc1CNC(=O)C1(C(F)(F)F)CC1. The van der Waals surface area contributed by atoms with E-state index in [1.54, 1.807) is 12.1 Å². The normalized spacial score (nSPS) is 16.6. The zero-order valence-corrected chi connectivity index (χ0v) is 10.5. The Labute approximate surface area is 113 Å². The van der Waals surface area contributed by atoms with Gasteiger partial charge >= 0.3 is 6.18 Å². The number of hydrogen-bond donors (Lipinski definition) is 2. The van der Waals surface area contributed by atoms with Crippen LogP contribution in [0.3, 0.4) is 0 Å². The van der Waals surface area contributed by atoms with Gasteiger partial charge in [-0.1, -0.05) is 18.2 Å². The van der Waals surface area contributed by atoms with Crippen LogP contribution < -0.4 is 11.1 Å². The van der Waals surface area contributed by atoms with E-state index in [0.29, 0.717) is 5.56 Å². The fraction of sp³-hybridized carbons (Fsp3) is 0.385. The lowest BCUT2D eigenvalue weighted by atomic mass is 10.0. The molecule has 0 bridgehead atoms. The first kappa shape index (κ1) is 14.4. The minimum absolute atomic E-state index is 0.157. The highest BCUT2D eigenvalue weighted by molar-refractivity contribution is 5.94. The summed E-state index contributed by atoms with van der Waals surface area (Å²) in [6, 6.07) is 6.20. The van der Waals surface area contributed by atoms with Gasteiger partial charge in [-0.2, -0.15) is 13.2 Å². The molecule has 0 radical (unpaired) electrons. The number of rotatable bonds is 4. The molecular weight excluding hydrogens is 273 g/mol. The van der Waals surface area contributed by atoms with Gasteiger partial charge in [0.2, 0.25) is 11.8 Å². The van der Waals surface area contributed by atoms with Crippen molar-refractivity contribution in [3.63, 3.8) is 0 Å². The summed E-state index contributed by atoms with van der Waals surface area (Å²) in [7, 11) is 0. The maximum atomic E-state index is 12.7. The molecule has 20 heavy (non-hydrogen) atoms. The predicted molar refractivity (Wildman–Crippen MR) is 64.5 cm³/mol. The number of hydrogen-bond acceptors (Lipinski definition) is 2. The number of benzene rings is 1. The van der Waals surface area contributed by atoms with E-state index < -0.39 is 23.4 Å². The van der Waals surface area contributed by atoms with Crippen molar-refractivity contribution < 1.29 is 22.8 Å². The molecule has 4 nitrogen and oxygen atoms in total. The van der Waals surface area contributed by atoms with E-state index in [2.05, 4.69) is 5.32 Å². The van der Waals surface area contributed by atoms with E-state index in [1.807, 2.05) is 0 Å². The van der Waals surface area contributed by atoms with Gasteiger partial charge in [-0.05, 0) is 24.5 Å². The quantitative estimate of drug-likeness (QED) is 0.885. The van der Waals surface area contributed by atoms with E-state index in [9.17, 15) is 22.8 Å². The van der Waals surface area contributed by atoms with Gasteiger partial charge in [0.25, 0.3) is 0 Å². The Kier molecular flexibility index (Phi) is 3.45. The number of nitrogens with one attached hydrogen (secondary N) is 1. The molecular formula is C13H13F3N2O2. The molecule has 1 aromatic rings. The fourth-order valence-corrected chi connectivity index (χ4v) is 2.02. The number of halogens is 3. The topological polar surface area (TPSA) is 72.2 Å². The summed E-state index contributed by atoms with van der Waals surface area (Å²) in [6.07, 6.45) is -4.93. The maximum Gasteiger partial charge on any atom is 0.403 e. The third kappa shape index (κ3) is 2.48. The lowest BCUT2D eigenvalue weighted by Gasteiger charge is -2.18. The van der Waals surface area contributed by atoms with Crippen LogP contribution in [-0.2, 0) is 11.3 Å². The molecule has 7 heteroatoms. The Morgan fingerprint density at radius 1 is 1.25 bits per heavy atom. The van der Waals surface area contributed by atoms with Crippen LogP contribution in [0.15, 0.2) is 24.3 Å². The average Bonchev–Trinajstić information content (AvgIpc) is 3.17. The molecule has 3 N–H and O–H groups in total. The van der Waals surface area contributed by atoms with Gasteiger partial charge in [0, 0.05) is 12.1 Å². The van der Waals surface area contributed by atoms with Crippen molar-refractivity contribution in [1.29, 1.82) is 0 Å². The van der Waals surface area contributed by atoms with Crippen molar-refractivity contribution in [3.05, 3.63) is 35.4 Å². The summed E-state index contributed by atoms with van der Waals surface area (Å²) in [6.45, 7) is -0.157. The summed E-state index contributed by atoms with van der Waals surface area (Å²) < 4.78 is 38.2. The third-order valence-corrected chi connectivity index (χ3v) is 3.45. The van der Waals surface area contributed by atoms with Crippen LogP contribution in [0.4, 0.5) is 13.2 Å². The van der Waals surface area contributed by atoms with Crippen LogP contribution >= 0.6 is 0 Å². The van der Waals surface area contributed by atoms with Gasteiger partial charge in [-0.15, -0.1) is 0 Å². The Morgan fingerprint density at radius 2 is 1.85 bits per heavy atom. The molecule has 0 unspecified atom stereocenters. The van der Waals surface area contributed by atoms with E-state index >= 15 is 0 Å². The van der Waals surface area contributed by atoms with Crippen molar-refractivity contribution in [2.75, 3.05) is 0 Å².